The van der Waals surface area contributed by atoms with Gasteiger partial charge >= 0.3 is 10.3 Å². The number of β-lactam (4-membered cyclic amide) rings is 1. The van der Waals surface area contributed by atoms with Crippen LogP contribution in [0.25, 0.3) is 0 Å². The molecule has 0 aromatic rings. The molecule has 1 amide bonds. The molecule has 0 spiro atoms. The Kier molecular flexibility index (Phi) is 2.11. The average Bonchev–Trinajstić information content (AvgIpc) is 1.95. The van der Waals surface area contributed by atoms with Crippen molar-refractivity contribution in [2.45, 2.75) is 25.4 Å². The molecule has 2 atom stereocenters. The fourth-order valence-electron chi connectivity index (χ4n) is 1.24. The number of amides is 1. The van der Waals surface area contributed by atoms with Gasteiger partial charge in [0.05, 0.1) is 6.04 Å². The van der Waals surface area contributed by atoms with E-state index in [4.69, 9.17) is 10.3 Å². The van der Waals surface area contributed by atoms with E-state index in [0.29, 0.717) is 10.7 Å². The second-order valence-corrected chi connectivity index (χ2v) is 3.90. The van der Waals surface area contributed by atoms with Gasteiger partial charge in [-0.3, -0.25) is 9.35 Å². The van der Waals surface area contributed by atoms with Crippen molar-refractivity contribution in [1.82, 2.24) is 4.31 Å². The summed E-state index contributed by atoms with van der Waals surface area (Å²) in [4.78, 5) is 10.8. The molecule has 0 saturated carbocycles. The maximum absolute atomic E-state index is 10.8. The Balaban J connectivity index is 2.88. The molecule has 0 aromatic carbocycles. The second kappa shape index (κ2) is 2.68. The highest BCUT2D eigenvalue weighted by Gasteiger charge is 2.49. The molecule has 1 saturated heterocycles. The van der Waals surface area contributed by atoms with E-state index in [2.05, 4.69) is 0 Å². The van der Waals surface area contributed by atoms with E-state index >= 15 is 0 Å². The Morgan fingerprint density at radius 3 is 2.42 bits per heavy atom. The van der Waals surface area contributed by atoms with Crippen LogP contribution in [0.15, 0.2) is 0 Å². The topological polar surface area (TPSA) is 101 Å². The van der Waals surface area contributed by atoms with Gasteiger partial charge in [-0.1, -0.05) is 6.92 Å². The van der Waals surface area contributed by atoms with Crippen molar-refractivity contribution >= 4 is 16.2 Å². The van der Waals surface area contributed by atoms with Gasteiger partial charge in [0.1, 0.15) is 6.04 Å². The Morgan fingerprint density at radius 1 is 1.67 bits per heavy atom. The molecular weight excluding hydrogens is 184 g/mol. The highest BCUT2D eigenvalue weighted by atomic mass is 32.2. The molecule has 0 radical (unpaired) electrons. The summed E-state index contributed by atoms with van der Waals surface area (Å²) in [6, 6.07) is -1.38. The lowest BCUT2D eigenvalue weighted by Gasteiger charge is -2.41. The van der Waals surface area contributed by atoms with Crippen LogP contribution in [0, 0.1) is 0 Å². The van der Waals surface area contributed by atoms with Crippen LogP contribution in [0.1, 0.15) is 13.3 Å². The van der Waals surface area contributed by atoms with E-state index in [1.807, 2.05) is 0 Å². The third-order valence-corrected chi connectivity index (χ3v) is 2.83. The molecule has 70 valence electrons. The van der Waals surface area contributed by atoms with Crippen molar-refractivity contribution in [2.75, 3.05) is 0 Å². The van der Waals surface area contributed by atoms with Crippen LogP contribution < -0.4 is 5.73 Å². The highest BCUT2D eigenvalue weighted by molar-refractivity contribution is 7.84. The van der Waals surface area contributed by atoms with Crippen molar-refractivity contribution in [3.8, 4) is 0 Å². The summed E-state index contributed by atoms with van der Waals surface area (Å²) in [5.41, 5.74) is 5.30. The molecule has 1 rings (SSSR count). The van der Waals surface area contributed by atoms with Crippen LogP contribution in [-0.4, -0.2) is 35.3 Å². The Bertz CT molecular complexity index is 299. The van der Waals surface area contributed by atoms with Gasteiger partial charge in [0.2, 0.25) is 0 Å². The first-order chi connectivity index (χ1) is 5.39. The molecule has 7 heteroatoms. The minimum Gasteiger partial charge on any atom is -0.318 e. The molecule has 1 aliphatic heterocycles. The van der Waals surface area contributed by atoms with E-state index in [9.17, 15) is 13.2 Å². The number of hydrogen-bond acceptors (Lipinski definition) is 4. The SMILES string of the molecule is CCC1[C@H](N)C(=O)N1S(=O)(=O)O. The summed E-state index contributed by atoms with van der Waals surface area (Å²) in [5, 5.41) is 0. The molecule has 12 heavy (non-hydrogen) atoms. The van der Waals surface area contributed by atoms with E-state index in [1.165, 1.54) is 0 Å². The molecule has 1 unspecified atom stereocenters. The molecule has 6 nitrogen and oxygen atoms in total. The zero-order valence-corrected chi connectivity index (χ0v) is 7.28. The lowest BCUT2D eigenvalue weighted by atomic mass is 9.98. The first kappa shape index (κ1) is 9.43. The lowest BCUT2D eigenvalue weighted by molar-refractivity contribution is -0.140. The molecule has 1 aliphatic rings. The molecule has 0 aromatic heterocycles. The summed E-state index contributed by atoms with van der Waals surface area (Å²) in [6.45, 7) is 1.69. The lowest BCUT2D eigenvalue weighted by Crippen LogP contribution is -2.69. The van der Waals surface area contributed by atoms with Gasteiger partial charge in [0.25, 0.3) is 5.91 Å². The van der Waals surface area contributed by atoms with Crippen LogP contribution in [0.4, 0.5) is 0 Å². The minimum absolute atomic E-state index is 0.409. The average molecular weight is 194 g/mol. The molecular formula is C5H10N2O4S. The van der Waals surface area contributed by atoms with Crippen LogP contribution in [0.2, 0.25) is 0 Å². The van der Waals surface area contributed by atoms with Gasteiger partial charge in [-0.05, 0) is 6.42 Å². The van der Waals surface area contributed by atoms with Gasteiger partial charge in [-0.25, -0.2) is 4.31 Å². The van der Waals surface area contributed by atoms with Crippen molar-refractivity contribution in [2.24, 2.45) is 5.73 Å². The fraction of sp³-hybridized carbons (Fsp3) is 0.800. The van der Waals surface area contributed by atoms with Crippen LogP contribution in [-0.2, 0) is 15.1 Å². The van der Waals surface area contributed by atoms with Gasteiger partial charge in [-0.2, -0.15) is 8.42 Å². The number of carbonyl (C=O) groups is 1. The van der Waals surface area contributed by atoms with Crippen molar-refractivity contribution in [1.29, 1.82) is 0 Å². The van der Waals surface area contributed by atoms with E-state index in [1.54, 1.807) is 6.92 Å². The maximum Gasteiger partial charge on any atom is 0.362 e. The monoisotopic (exact) mass is 194 g/mol. The molecule has 3 N–H and O–H groups in total. The molecule has 0 aliphatic carbocycles. The van der Waals surface area contributed by atoms with Gasteiger partial charge in [-0.15, -0.1) is 0 Å². The molecule has 1 fully saturated rings. The number of carbonyl (C=O) groups excluding carboxylic acids is 1. The Morgan fingerprint density at radius 2 is 2.17 bits per heavy atom. The largest absolute Gasteiger partial charge is 0.362 e. The summed E-state index contributed by atoms with van der Waals surface area (Å²) in [5.74, 6) is -0.746. The number of hydrogen-bond donors (Lipinski definition) is 2. The van der Waals surface area contributed by atoms with Crippen molar-refractivity contribution in [3.63, 3.8) is 0 Å². The summed E-state index contributed by atoms with van der Waals surface area (Å²) >= 11 is 0. The second-order valence-electron chi connectivity index (χ2n) is 2.61. The quantitative estimate of drug-likeness (QED) is 0.422. The standard InChI is InChI=1S/C5H10N2O4S/c1-2-3-4(6)5(8)7(3)12(9,10)11/h3-4H,2,6H2,1H3,(H,9,10,11)/t3?,4-/m0/s1. The third kappa shape index (κ3) is 1.19. The number of nitrogens with zero attached hydrogens (tertiary/aromatic N) is 1. The summed E-state index contributed by atoms with van der Waals surface area (Å²) in [7, 11) is -4.41. The van der Waals surface area contributed by atoms with Gasteiger partial charge < -0.3 is 5.73 Å². The van der Waals surface area contributed by atoms with E-state index in [-0.39, 0.29) is 0 Å². The van der Waals surface area contributed by atoms with Crippen LogP contribution >= 0.6 is 0 Å². The highest BCUT2D eigenvalue weighted by Crippen LogP contribution is 2.23. The van der Waals surface area contributed by atoms with Crippen molar-refractivity contribution in [3.05, 3.63) is 0 Å². The van der Waals surface area contributed by atoms with Crippen LogP contribution in [0.5, 0.6) is 0 Å². The van der Waals surface area contributed by atoms with Crippen LogP contribution in [0.3, 0.4) is 0 Å². The zero-order chi connectivity index (χ0) is 9.52. The van der Waals surface area contributed by atoms with Gasteiger partial charge in [0, 0.05) is 0 Å². The summed E-state index contributed by atoms with van der Waals surface area (Å²) < 4.78 is 30.1. The van der Waals surface area contributed by atoms with Crippen molar-refractivity contribution < 1.29 is 17.8 Å². The number of rotatable bonds is 2. The third-order valence-electron chi connectivity index (χ3n) is 1.88. The first-order valence-electron chi connectivity index (χ1n) is 3.46. The van der Waals surface area contributed by atoms with Gasteiger partial charge in [0.15, 0.2) is 0 Å². The summed E-state index contributed by atoms with van der Waals surface area (Å²) in [6.07, 6.45) is 0.409. The normalized spacial score (nSPS) is 30.2. The predicted octanol–water partition coefficient (Wildman–Crippen LogP) is -1.26. The smallest absolute Gasteiger partial charge is 0.318 e. The zero-order valence-electron chi connectivity index (χ0n) is 6.47. The fourth-order valence-corrected chi connectivity index (χ4v) is 2.21. The number of nitrogens with two attached hydrogens (primary N) is 1. The van der Waals surface area contributed by atoms with E-state index in [0.717, 1.165) is 0 Å². The first-order valence-corrected chi connectivity index (χ1v) is 4.85. The Hall–Kier alpha value is -0.660. The minimum atomic E-state index is -4.41. The van der Waals surface area contributed by atoms with E-state index < -0.39 is 28.3 Å². The predicted molar refractivity (Wildman–Crippen MR) is 40.4 cm³/mol. The molecule has 1 heterocycles. The Labute approximate surface area is 70.2 Å². The maximum atomic E-state index is 10.8. The molecule has 0 bridgehead atoms.